The fraction of sp³-hybridized carbons (Fsp3) is 0.300. The highest BCUT2D eigenvalue weighted by Crippen LogP contribution is 2.22. The highest BCUT2D eigenvalue weighted by molar-refractivity contribution is 5.96. The highest BCUT2D eigenvalue weighted by atomic mass is 19.1. The summed E-state index contributed by atoms with van der Waals surface area (Å²) in [6.07, 6.45) is 1.49. The van der Waals surface area contributed by atoms with Gasteiger partial charge in [-0.05, 0) is 61.4 Å². The quantitative estimate of drug-likeness (QED) is 0.914. The summed E-state index contributed by atoms with van der Waals surface area (Å²) in [4.78, 5) is 26.8. The summed E-state index contributed by atoms with van der Waals surface area (Å²) in [5.41, 5.74) is 1.13. The molecule has 0 radical (unpaired) electrons. The Bertz CT molecular complexity index is 775. The van der Waals surface area contributed by atoms with Crippen molar-refractivity contribution in [2.45, 2.75) is 12.8 Å². The van der Waals surface area contributed by atoms with Gasteiger partial charge in [-0.15, -0.1) is 0 Å². The summed E-state index contributed by atoms with van der Waals surface area (Å²) in [5, 5.41) is 2.89. The summed E-state index contributed by atoms with van der Waals surface area (Å²) < 4.78 is 18.1. The SMILES string of the molecule is COc1ccc(NC(=O)[C@H]2CCCN(C(=O)c3ccc(F)cc3)C2)cc1. The molecular weight excluding hydrogens is 335 g/mol. The van der Waals surface area contributed by atoms with Crippen molar-refractivity contribution < 1.29 is 18.7 Å². The molecule has 26 heavy (non-hydrogen) atoms. The molecular formula is C20H21FN2O3. The third-order valence-electron chi connectivity index (χ3n) is 4.53. The molecule has 0 aromatic heterocycles. The molecule has 2 aromatic rings. The van der Waals surface area contributed by atoms with E-state index < -0.39 is 0 Å². The molecule has 0 bridgehead atoms. The van der Waals surface area contributed by atoms with Gasteiger partial charge in [-0.3, -0.25) is 9.59 Å². The van der Waals surface area contributed by atoms with E-state index >= 15 is 0 Å². The molecule has 136 valence electrons. The summed E-state index contributed by atoms with van der Waals surface area (Å²) in [6, 6.07) is 12.6. The van der Waals surface area contributed by atoms with Gasteiger partial charge in [0.2, 0.25) is 5.91 Å². The fourth-order valence-electron chi connectivity index (χ4n) is 3.07. The van der Waals surface area contributed by atoms with Crippen LogP contribution in [0.5, 0.6) is 5.75 Å². The van der Waals surface area contributed by atoms with Crippen LogP contribution in [-0.4, -0.2) is 36.9 Å². The number of nitrogens with one attached hydrogen (secondary N) is 1. The Kier molecular flexibility index (Phi) is 5.51. The number of carbonyl (C=O) groups is 2. The van der Waals surface area contributed by atoms with Crippen LogP contribution in [0.2, 0.25) is 0 Å². The maximum Gasteiger partial charge on any atom is 0.253 e. The second-order valence-electron chi connectivity index (χ2n) is 6.31. The molecule has 1 N–H and O–H groups in total. The van der Waals surface area contributed by atoms with E-state index in [1.807, 2.05) is 0 Å². The van der Waals surface area contributed by atoms with Gasteiger partial charge in [0.15, 0.2) is 0 Å². The van der Waals surface area contributed by atoms with Gasteiger partial charge in [-0.2, -0.15) is 0 Å². The number of nitrogens with zero attached hydrogens (tertiary/aromatic N) is 1. The van der Waals surface area contributed by atoms with Crippen molar-refractivity contribution in [2.24, 2.45) is 5.92 Å². The molecule has 1 saturated heterocycles. The Morgan fingerprint density at radius 3 is 2.46 bits per heavy atom. The average Bonchev–Trinajstić information content (AvgIpc) is 2.68. The molecule has 1 atom stereocenters. The predicted octanol–water partition coefficient (Wildman–Crippen LogP) is 3.33. The molecule has 1 aliphatic rings. The molecule has 6 heteroatoms. The van der Waals surface area contributed by atoms with Crippen LogP contribution in [0.25, 0.3) is 0 Å². The average molecular weight is 356 g/mol. The Hall–Kier alpha value is -2.89. The van der Waals surface area contributed by atoms with Gasteiger partial charge in [0, 0.05) is 24.3 Å². The van der Waals surface area contributed by atoms with Crippen molar-refractivity contribution in [1.82, 2.24) is 4.90 Å². The zero-order valence-corrected chi connectivity index (χ0v) is 14.6. The van der Waals surface area contributed by atoms with Gasteiger partial charge in [0.05, 0.1) is 13.0 Å². The molecule has 0 spiro atoms. The number of benzene rings is 2. The second kappa shape index (κ2) is 7.99. The van der Waals surface area contributed by atoms with E-state index in [4.69, 9.17) is 4.74 Å². The smallest absolute Gasteiger partial charge is 0.253 e. The zero-order valence-electron chi connectivity index (χ0n) is 14.6. The predicted molar refractivity (Wildman–Crippen MR) is 96.7 cm³/mol. The molecule has 0 saturated carbocycles. The number of likely N-dealkylation sites (tertiary alicyclic amines) is 1. The van der Waals surface area contributed by atoms with Crippen molar-refractivity contribution in [2.75, 3.05) is 25.5 Å². The maximum absolute atomic E-state index is 13.0. The lowest BCUT2D eigenvalue weighted by Gasteiger charge is -2.32. The molecule has 0 aliphatic carbocycles. The minimum absolute atomic E-state index is 0.105. The maximum atomic E-state index is 13.0. The molecule has 0 unspecified atom stereocenters. The van der Waals surface area contributed by atoms with Gasteiger partial charge >= 0.3 is 0 Å². The topological polar surface area (TPSA) is 58.6 Å². The van der Waals surface area contributed by atoms with E-state index in [2.05, 4.69) is 5.32 Å². The summed E-state index contributed by atoms with van der Waals surface area (Å²) in [5.74, 6) is -0.206. The van der Waals surface area contributed by atoms with Gasteiger partial charge < -0.3 is 15.0 Å². The van der Waals surface area contributed by atoms with Crippen LogP contribution in [0.15, 0.2) is 48.5 Å². The first-order valence-electron chi connectivity index (χ1n) is 8.56. The van der Waals surface area contributed by atoms with Gasteiger partial charge in [0.25, 0.3) is 5.91 Å². The lowest BCUT2D eigenvalue weighted by Crippen LogP contribution is -2.43. The minimum atomic E-state index is -0.378. The van der Waals surface area contributed by atoms with Gasteiger partial charge in [-0.25, -0.2) is 4.39 Å². The van der Waals surface area contributed by atoms with Crippen molar-refractivity contribution in [3.05, 3.63) is 59.9 Å². The third-order valence-corrected chi connectivity index (χ3v) is 4.53. The molecule has 3 rings (SSSR count). The lowest BCUT2D eigenvalue weighted by molar-refractivity contribution is -0.121. The van der Waals surface area contributed by atoms with Crippen LogP contribution in [0, 0.1) is 11.7 Å². The van der Waals surface area contributed by atoms with Crippen LogP contribution in [0.1, 0.15) is 23.2 Å². The number of hydrogen-bond donors (Lipinski definition) is 1. The first-order valence-corrected chi connectivity index (χ1v) is 8.56. The Morgan fingerprint density at radius 2 is 1.81 bits per heavy atom. The van der Waals surface area contributed by atoms with Gasteiger partial charge in [-0.1, -0.05) is 0 Å². The van der Waals surface area contributed by atoms with E-state index in [1.54, 1.807) is 36.3 Å². The van der Waals surface area contributed by atoms with Crippen LogP contribution in [0.4, 0.5) is 10.1 Å². The largest absolute Gasteiger partial charge is 0.497 e. The standard InChI is InChI=1S/C20H21FN2O3/c1-26-18-10-8-17(9-11-18)22-19(24)15-3-2-12-23(13-15)20(25)14-4-6-16(21)7-5-14/h4-11,15H,2-3,12-13H2,1H3,(H,22,24)/t15-/m0/s1. The van der Waals surface area contributed by atoms with Crippen LogP contribution in [-0.2, 0) is 4.79 Å². The van der Waals surface area contributed by atoms with Crippen molar-refractivity contribution in [1.29, 1.82) is 0 Å². The van der Waals surface area contributed by atoms with E-state index in [0.29, 0.717) is 24.3 Å². The van der Waals surface area contributed by atoms with Crippen molar-refractivity contribution in [3.8, 4) is 5.75 Å². The molecule has 1 fully saturated rings. The normalized spacial score (nSPS) is 16.8. The van der Waals surface area contributed by atoms with Crippen LogP contribution >= 0.6 is 0 Å². The number of carbonyl (C=O) groups excluding carboxylic acids is 2. The number of halogens is 1. The molecule has 1 aliphatic heterocycles. The molecule has 1 heterocycles. The second-order valence-corrected chi connectivity index (χ2v) is 6.31. The highest BCUT2D eigenvalue weighted by Gasteiger charge is 2.29. The molecule has 2 aromatic carbocycles. The van der Waals surface area contributed by atoms with E-state index in [1.165, 1.54) is 24.3 Å². The molecule has 5 nitrogen and oxygen atoms in total. The summed E-state index contributed by atoms with van der Waals surface area (Å²) >= 11 is 0. The fourth-order valence-corrected chi connectivity index (χ4v) is 3.07. The van der Waals surface area contributed by atoms with Crippen molar-refractivity contribution in [3.63, 3.8) is 0 Å². The van der Waals surface area contributed by atoms with E-state index in [9.17, 15) is 14.0 Å². The number of ether oxygens (including phenoxy) is 1. The lowest BCUT2D eigenvalue weighted by atomic mass is 9.96. The van der Waals surface area contributed by atoms with E-state index in [-0.39, 0.29) is 23.5 Å². The first kappa shape index (κ1) is 17.9. The number of amides is 2. The number of piperidine rings is 1. The number of anilines is 1. The van der Waals surface area contributed by atoms with E-state index in [0.717, 1.165) is 18.6 Å². The summed E-state index contributed by atoms with van der Waals surface area (Å²) in [6.45, 7) is 0.959. The third kappa shape index (κ3) is 4.20. The molecule has 2 amide bonds. The monoisotopic (exact) mass is 356 g/mol. The van der Waals surface area contributed by atoms with Crippen LogP contribution in [0.3, 0.4) is 0 Å². The Morgan fingerprint density at radius 1 is 1.12 bits per heavy atom. The number of rotatable bonds is 4. The Balaban J connectivity index is 1.62. The zero-order chi connectivity index (χ0) is 18.5. The number of hydrogen-bond acceptors (Lipinski definition) is 3. The van der Waals surface area contributed by atoms with Crippen molar-refractivity contribution >= 4 is 17.5 Å². The van der Waals surface area contributed by atoms with Crippen LogP contribution < -0.4 is 10.1 Å². The summed E-state index contributed by atoms with van der Waals surface area (Å²) in [7, 11) is 1.59. The van der Waals surface area contributed by atoms with Gasteiger partial charge in [0.1, 0.15) is 11.6 Å². The minimum Gasteiger partial charge on any atom is -0.497 e. The first-order chi connectivity index (χ1) is 12.6. The Labute approximate surface area is 151 Å². The number of methoxy groups -OCH3 is 1.